The molecule has 2 atom stereocenters. The third kappa shape index (κ3) is 1.63. The molecule has 2 unspecified atom stereocenters. The van der Waals surface area contributed by atoms with Crippen LogP contribution in [0, 0.1) is 22.7 Å². The summed E-state index contributed by atoms with van der Waals surface area (Å²) in [4.78, 5) is 11.8. The van der Waals surface area contributed by atoms with Gasteiger partial charge in [-0.1, -0.05) is 13.8 Å². The van der Waals surface area contributed by atoms with Gasteiger partial charge in [0.15, 0.2) is 0 Å². The molecular weight excluding hydrogens is 240 g/mol. The number of aliphatic carboxylic acids is 1. The molecular formula is C16H26O3. The summed E-state index contributed by atoms with van der Waals surface area (Å²) in [6.45, 7) is 4.10. The van der Waals surface area contributed by atoms with E-state index in [0.29, 0.717) is 18.3 Å². The van der Waals surface area contributed by atoms with Gasteiger partial charge >= 0.3 is 5.97 Å². The number of hydrogen-bond donors (Lipinski definition) is 2. The lowest BCUT2D eigenvalue weighted by Crippen LogP contribution is -2.62. The Morgan fingerprint density at radius 2 is 1.68 bits per heavy atom. The van der Waals surface area contributed by atoms with Crippen molar-refractivity contribution in [2.45, 2.75) is 70.8 Å². The van der Waals surface area contributed by atoms with Gasteiger partial charge in [0, 0.05) is 5.41 Å². The summed E-state index contributed by atoms with van der Waals surface area (Å²) in [6, 6.07) is 0. The van der Waals surface area contributed by atoms with Gasteiger partial charge in [-0.3, -0.25) is 4.79 Å². The van der Waals surface area contributed by atoms with Gasteiger partial charge in [-0.25, -0.2) is 0 Å². The van der Waals surface area contributed by atoms with Gasteiger partial charge in [0.2, 0.25) is 0 Å². The molecule has 3 nitrogen and oxygen atoms in total. The van der Waals surface area contributed by atoms with Gasteiger partial charge in [-0.2, -0.15) is 0 Å². The fraction of sp³-hybridized carbons (Fsp3) is 0.938. The van der Waals surface area contributed by atoms with Crippen LogP contribution >= 0.6 is 0 Å². The standard InChI is InChI=1S/C16H26O3/c1-3-16(19,4-2)15-8-11-5-12(9-15)7-14(6-11,10-15)13(17)18/h11-12,19H,3-10H2,1-2H3,(H,17,18). The Hall–Kier alpha value is -0.570. The van der Waals surface area contributed by atoms with Crippen molar-refractivity contribution >= 4 is 5.97 Å². The first-order chi connectivity index (χ1) is 8.89. The highest BCUT2D eigenvalue weighted by atomic mass is 16.4. The Bertz CT molecular complexity index is 383. The van der Waals surface area contributed by atoms with Crippen LogP contribution in [0.15, 0.2) is 0 Å². The van der Waals surface area contributed by atoms with Crippen LogP contribution in [0.5, 0.6) is 0 Å². The summed E-state index contributed by atoms with van der Waals surface area (Å²) < 4.78 is 0. The largest absolute Gasteiger partial charge is 0.481 e. The molecule has 0 spiro atoms. The first-order valence-electron chi connectivity index (χ1n) is 7.84. The Balaban J connectivity index is 2.02. The SMILES string of the molecule is CCC(O)(CC)C12CC3CC(CC(C(=O)O)(C3)C1)C2. The second-order valence-corrected chi connectivity index (χ2v) is 7.57. The van der Waals surface area contributed by atoms with Gasteiger partial charge in [-0.15, -0.1) is 0 Å². The van der Waals surface area contributed by atoms with Crippen molar-refractivity contribution < 1.29 is 15.0 Å². The van der Waals surface area contributed by atoms with E-state index < -0.39 is 17.0 Å². The summed E-state index contributed by atoms with van der Waals surface area (Å²) in [5, 5.41) is 20.8. The first kappa shape index (κ1) is 13.4. The fourth-order valence-electron chi connectivity index (χ4n) is 6.06. The molecule has 4 aliphatic rings. The molecule has 4 aliphatic carbocycles. The molecule has 4 rings (SSSR count). The molecule has 3 heteroatoms. The Morgan fingerprint density at radius 1 is 1.16 bits per heavy atom. The van der Waals surface area contributed by atoms with Crippen molar-refractivity contribution in [3.05, 3.63) is 0 Å². The predicted molar refractivity (Wildman–Crippen MR) is 72.7 cm³/mol. The summed E-state index contributed by atoms with van der Waals surface area (Å²) in [5.41, 5.74) is -1.31. The maximum atomic E-state index is 11.8. The molecule has 0 aliphatic heterocycles. The Kier molecular flexibility index (Phi) is 2.80. The topological polar surface area (TPSA) is 57.5 Å². The molecule has 0 amide bonds. The summed E-state index contributed by atoms with van der Waals surface area (Å²) in [5.74, 6) is 0.449. The highest BCUT2D eigenvalue weighted by Crippen LogP contribution is 2.69. The fourth-order valence-corrected chi connectivity index (χ4v) is 6.06. The lowest BCUT2D eigenvalue weighted by atomic mass is 9.40. The van der Waals surface area contributed by atoms with E-state index in [2.05, 4.69) is 13.8 Å². The van der Waals surface area contributed by atoms with Crippen molar-refractivity contribution in [1.29, 1.82) is 0 Å². The van der Waals surface area contributed by atoms with Crippen molar-refractivity contribution in [2.24, 2.45) is 22.7 Å². The van der Waals surface area contributed by atoms with E-state index in [1.165, 1.54) is 6.42 Å². The Morgan fingerprint density at radius 3 is 2.11 bits per heavy atom. The molecule has 108 valence electrons. The highest BCUT2D eigenvalue weighted by molar-refractivity contribution is 5.75. The number of carbonyl (C=O) groups is 1. The van der Waals surface area contributed by atoms with Crippen molar-refractivity contribution in [3.63, 3.8) is 0 Å². The van der Waals surface area contributed by atoms with E-state index >= 15 is 0 Å². The zero-order chi connectivity index (χ0) is 13.9. The minimum absolute atomic E-state index is 0.126. The lowest BCUT2D eigenvalue weighted by Gasteiger charge is -2.65. The zero-order valence-electron chi connectivity index (χ0n) is 12.1. The zero-order valence-corrected chi connectivity index (χ0v) is 12.1. The molecule has 2 N–H and O–H groups in total. The molecule has 19 heavy (non-hydrogen) atoms. The molecule has 4 saturated carbocycles. The van der Waals surface area contributed by atoms with E-state index in [4.69, 9.17) is 0 Å². The maximum Gasteiger partial charge on any atom is 0.309 e. The van der Waals surface area contributed by atoms with Gasteiger partial charge < -0.3 is 10.2 Å². The van der Waals surface area contributed by atoms with Crippen LogP contribution in [-0.2, 0) is 4.79 Å². The maximum absolute atomic E-state index is 11.8. The van der Waals surface area contributed by atoms with Crippen molar-refractivity contribution in [3.8, 4) is 0 Å². The van der Waals surface area contributed by atoms with Crippen molar-refractivity contribution in [2.75, 3.05) is 0 Å². The second kappa shape index (κ2) is 3.97. The average Bonchev–Trinajstić information content (AvgIpc) is 2.36. The number of hydrogen-bond acceptors (Lipinski definition) is 2. The molecule has 0 aromatic carbocycles. The molecule has 0 aromatic heterocycles. The lowest BCUT2D eigenvalue weighted by molar-refractivity contribution is -0.216. The summed E-state index contributed by atoms with van der Waals surface area (Å²) in [6.07, 6.45) is 7.21. The van der Waals surface area contributed by atoms with Crippen LogP contribution in [-0.4, -0.2) is 21.8 Å². The smallest absolute Gasteiger partial charge is 0.309 e. The van der Waals surface area contributed by atoms with Crippen LogP contribution < -0.4 is 0 Å². The second-order valence-electron chi connectivity index (χ2n) is 7.57. The average molecular weight is 266 g/mol. The Labute approximate surface area is 115 Å². The molecule has 4 bridgehead atoms. The summed E-state index contributed by atoms with van der Waals surface area (Å²) >= 11 is 0. The number of carboxylic acids is 1. The highest BCUT2D eigenvalue weighted by Gasteiger charge is 2.65. The number of carboxylic acid groups (broad SMARTS) is 1. The number of aliphatic hydroxyl groups is 1. The summed E-state index contributed by atoms with van der Waals surface area (Å²) in [7, 11) is 0. The molecule has 0 heterocycles. The van der Waals surface area contributed by atoms with E-state index in [1.807, 2.05) is 0 Å². The minimum atomic E-state index is -0.661. The van der Waals surface area contributed by atoms with Crippen LogP contribution in [0.1, 0.15) is 65.2 Å². The molecule has 0 saturated heterocycles. The molecule has 4 fully saturated rings. The van der Waals surface area contributed by atoms with Crippen LogP contribution in [0.25, 0.3) is 0 Å². The normalized spacial score (nSPS) is 44.6. The van der Waals surface area contributed by atoms with E-state index in [-0.39, 0.29) is 5.41 Å². The quantitative estimate of drug-likeness (QED) is 0.821. The van der Waals surface area contributed by atoms with Crippen LogP contribution in [0.2, 0.25) is 0 Å². The van der Waals surface area contributed by atoms with E-state index in [1.54, 1.807) is 0 Å². The van der Waals surface area contributed by atoms with Crippen molar-refractivity contribution in [1.82, 2.24) is 0 Å². The first-order valence-corrected chi connectivity index (χ1v) is 7.84. The van der Waals surface area contributed by atoms with Gasteiger partial charge in [-0.05, 0) is 63.2 Å². The van der Waals surface area contributed by atoms with Gasteiger partial charge in [0.25, 0.3) is 0 Å². The third-order valence-corrected chi connectivity index (χ3v) is 6.67. The molecule has 0 aromatic rings. The monoisotopic (exact) mass is 266 g/mol. The predicted octanol–water partition coefficient (Wildman–Crippen LogP) is 3.21. The third-order valence-electron chi connectivity index (χ3n) is 6.67. The van der Waals surface area contributed by atoms with Crippen LogP contribution in [0.3, 0.4) is 0 Å². The van der Waals surface area contributed by atoms with Gasteiger partial charge in [0.1, 0.15) is 0 Å². The van der Waals surface area contributed by atoms with Crippen LogP contribution in [0.4, 0.5) is 0 Å². The minimum Gasteiger partial charge on any atom is -0.481 e. The van der Waals surface area contributed by atoms with E-state index in [0.717, 1.165) is 38.5 Å². The van der Waals surface area contributed by atoms with Gasteiger partial charge in [0.05, 0.1) is 11.0 Å². The van der Waals surface area contributed by atoms with E-state index in [9.17, 15) is 15.0 Å². The number of rotatable bonds is 4. The molecule has 0 radical (unpaired) electrons.